The first-order valence-electron chi connectivity index (χ1n) is 2.59. The molecule has 1 heterocycles. The Morgan fingerprint density at radius 2 is 2.33 bits per heavy atom. The Kier molecular flexibility index (Phi) is 1.90. The molecule has 48 valence electrons. The predicted molar refractivity (Wildman–Crippen MR) is 36.1 cm³/mol. The van der Waals surface area contributed by atoms with Crippen LogP contribution in [0.1, 0.15) is 0 Å². The third-order valence-electron chi connectivity index (χ3n) is 1.03. The molecule has 0 bridgehead atoms. The van der Waals surface area contributed by atoms with Crippen molar-refractivity contribution in [3.05, 3.63) is 24.4 Å². The van der Waals surface area contributed by atoms with E-state index in [4.69, 9.17) is 11.6 Å². The van der Waals surface area contributed by atoms with Crippen LogP contribution in [0.5, 0.6) is 0 Å². The number of nitrogens with one attached hydrogen (secondary N) is 1. The number of carbonyl (C=O) groups is 1. The number of halogens is 1. The van der Waals surface area contributed by atoms with Crippen LogP contribution in [-0.2, 0) is 4.79 Å². The molecule has 2 nitrogen and oxygen atoms in total. The van der Waals surface area contributed by atoms with Gasteiger partial charge in [0.1, 0.15) is 6.04 Å². The zero-order chi connectivity index (χ0) is 6.69. The van der Waals surface area contributed by atoms with E-state index in [9.17, 15) is 4.79 Å². The van der Waals surface area contributed by atoms with Gasteiger partial charge < -0.3 is 5.32 Å². The van der Waals surface area contributed by atoms with Crippen LogP contribution in [0.15, 0.2) is 24.4 Å². The predicted octanol–water partition coefficient (Wildman–Crippen LogP) is 0.793. The van der Waals surface area contributed by atoms with Gasteiger partial charge in [0.05, 0.1) is 0 Å². The Morgan fingerprint density at radius 1 is 1.56 bits per heavy atom. The van der Waals surface area contributed by atoms with Crippen LogP contribution in [0.4, 0.5) is 0 Å². The molecule has 0 fully saturated rings. The van der Waals surface area contributed by atoms with Gasteiger partial charge in [-0.1, -0.05) is 12.2 Å². The van der Waals surface area contributed by atoms with Crippen LogP contribution in [-0.4, -0.2) is 11.3 Å². The van der Waals surface area contributed by atoms with Gasteiger partial charge in [-0.25, -0.2) is 0 Å². The van der Waals surface area contributed by atoms with E-state index in [2.05, 4.69) is 5.32 Å². The van der Waals surface area contributed by atoms with Crippen LogP contribution in [0.3, 0.4) is 0 Å². The molecule has 1 atom stereocenters. The smallest absolute Gasteiger partial charge is 0.247 e. The maximum Gasteiger partial charge on any atom is 0.247 e. The highest BCUT2D eigenvalue weighted by molar-refractivity contribution is 6.65. The zero-order valence-electron chi connectivity index (χ0n) is 4.67. The first-order chi connectivity index (χ1) is 4.30. The number of hydrogen-bond acceptors (Lipinski definition) is 2. The Morgan fingerprint density at radius 3 is 2.67 bits per heavy atom. The van der Waals surface area contributed by atoms with E-state index in [1.807, 2.05) is 0 Å². The van der Waals surface area contributed by atoms with E-state index < -0.39 is 0 Å². The molecule has 0 aromatic rings. The topological polar surface area (TPSA) is 29.1 Å². The number of hydrogen-bond donors (Lipinski definition) is 1. The molecular weight excluding hydrogens is 138 g/mol. The summed E-state index contributed by atoms with van der Waals surface area (Å²) in [4.78, 5) is 10.4. The summed E-state index contributed by atoms with van der Waals surface area (Å²) >= 11 is 5.17. The molecule has 1 aliphatic rings. The molecule has 1 N–H and O–H groups in total. The van der Waals surface area contributed by atoms with Crippen molar-refractivity contribution in [2.45, 2.75) is 6.04 Å². The summed E-state index contributed by atoms with van der Waals surface area (Å²) in [6.07, 6.45) is 6.97. The van der Waals surface area contributed by atoms with Gasteiger partial charge in [-0.15, -0.1) is 0 Å². The summed E-state index contributed by atoms with van der Waals surface area (Å²) in [5, 5.41) is 2.39. The lowest BCUT2D eigenvalue weighted by atomic mass is 10.2. The fraction of sp³-hybridized carbons (Fsp3) is 0.167. The number of allylic oxidation sites excluding steroid dienone is 2. The average Bonchev–Trinajstić information content (AvgIpc) is 1.90. The van der Waals surface area contributed by atoms with E-state index in [1.165, 1.54) is 0 Å². The summed E-state index contributed by atoms with van der Waals surface area (Å²) < 4.78 is 0. The van der Waals surface area contributed by atoms with Crippen molar-refractivity contribution in [2.75, 3.05) is 0 Å². The second kappa shape index (κ2) is 2.69. The van der Waals surface area contributed by atoms with Crippen LogP contribution in [0, 0.1) is 0 Å². The fourth-order valence-corrected chi connectivity index (χ4v) is 0.723. The highest BCUT2D eigenvalue weighted by atomic mass is 35.5. The normalized spacial score (nSPS) is 23.4. The molecule has 0 aliphatic carbocycles. The molecular formula is C6H6ClNO. The maximum atomic E-state index is 10.4. The lowest BCUT2D eigenvalue weighted by Gasteiger charge is -2.09. The third-order valence-corrected chi connectivity index (χ3v) is 1.27. The van der Waals surface area contributed by atoms with E-state index in [0.29, 0.717) is 0 Å². The molecule has 0 radical (unpaired) electrons. The quantitative estimate of drug-likeness (QED) is 0.550. The van der Waals surface area contributed by atoms with Crippen LogP contribution >= 0.6 is 11.6 Å². The fourth-order valence-electron chi connectivity index (χ4n) is 0.587. The van der Waals surface area contributed by atoms with Crippen molar-refractivity contribution in [3.63, 3.8) is 0 Å². The van der Waals surface area contributed by atoms with Crippen LogP contribution < -0.4 is 5.32 Å². The maximum absolute atomic E-state index is 10.4. The summed E-state index contributed by atoms with van der Waals surface area (Å²) in [6, 6.07) is -0.336. The molecule has 0 saturated carbocycles. The average molecular weight is 144 g/mol. The zero-order valence-corrected chi connectivity index (χ0v) is 5.43. The summed E-state index contributed by atoms with van der Waals surface area (Å²) in [5.41, 5.74) is 0. The van der Waals surface area contributed by atoms with E-state index in [1.54, 1.807) is 24.4 Å². The van der Waals surface area contributed by atoms with Gasteiger partial charge >= 0.3 is 0 Å². The molecule has 1 rings (SSSR count). The minimum absolute atomic E-state index is 0.336. The molecule has 0 spiro atoms. The van der Waals surface area contributed by atoms with Crippen molar-refractivity contribution in [1.29, 1.82) is 0 Å². The van der Waals surface area contributed by atoms with Gasteiger partial charge in [-0.3, -0.25) is 4.79 Å². The number of carbonyl (C=O) groups excluding carboxylic acids is 1. The summed E-state index contributed by atoms with van der Waals surface area (Å²) in [5.74, 6) is 0. The Bertz CT molecular complexity index is 174. The SMILES string of the molecule is O=C(Cl)C1C=CC=CN1. The molecule has 0 aromatic heterocycles. The number of dihydropyridines is 1. The lowest BCUT2D eigenvalue weighted by molar-refractivity contribution is -0.112. The Labute approximate surface area is 58.2 Å². The third kappa shape index (κ3) is 1.57. The van der Waals surface area contributed by atoms with Crippen molar-refractivity contribution >= 4 is 16.8 Å². The van der Waals surface area contributed by atoms with E-state index in [0.717, 1.165) is 0 Å². The van der Waals surface area contributed by atoms with E-state index >= 15 is 0 Å². The molecule has 1 aliphatic heterocycles. The van der Waals surface area contributed by atoms with Gasteiger partial charge in [-0.05, 0) is 23.9 Å². The second-order valence-corrected chi connectivity index (χ2v) is 2.06. The van der Waals surface area contributed by atoms with Crippen molar-refractivity contribution in [2.24, 2.45) is 0 Å². The monoisotopic (exact) mass is 143 g/mol. The standard InChI is InChI=1S/C6H6ClNO/c7-6(9)5-3-1-2-4-8-5/h1-5,8H. The van der Waals surface area contributed by atoms with Crippen LogP contribution in [0.2, 0.25) is 0 Å². The molecule has 0 aromatic carbocycles. The Balaban J connectivity index is 2.56. The minimum Gasteiger partial charge on any atom is -0.377 e. The van der Waals surface area contributed by atoms with Gasteiger partial charge in [0, 0.05) is 0 Å². The van der Waals surface area contributed by atoms with Gasteiger partial charge in [0.2, 0.25) is 5.24 Å². The van der Waals surface area contributed by atoms with Crippen molar-refractivity contribution in [3.8, 4) is 0 Å². The van der Waals surface area contributed by atoms with Gasteiger partial charge in [-0.2, -0.15) is 0 Å². The molecule has 0 amide bonds. The summed E-state index contributed by atoms with van der Waals surface area (Å²) in [6.45, 7) is 0. The number of rotatable bonds is 1. The van der Waals surface area contributed by atoms with Gasteiger partial charge in [0.15, 0.2) is 0 Å². The van der Waals surface area contributed by atoms with Crippen molar-refractivity contribution < 1.29 is 4.79 Å². The molecule has 1 unspecified atom stereocenters. The summed E-state index contributed by atoms with van der Waals surface area (Å²) in [7, 11) is 0. The molecule has 9 heavy (non-hydrogen) atoms. The largest absolute Gasteiger partial charge is 0.377 e. The van der Waals surface area contributed by atoms with Gasteiger partial charge in [0.25, 0.3) is 0 Å². The highest BCUT2D eigenvalue weighted by Gasteiger charge is 2.10. The Hall–Kier alpha value is -0.760. The van der Waals surface area contributed by atoms with Crippen LogP contribution in [0.25, 0.3) is 0 Å². The first kappa shape index (κ1) is 6.36. The minimum atomic E-state index is -0.379. The lowest BCUT2D eigenvalue weighted by Crippen LogP contribution is -2.29. The highest BCUT2D eigenvalue weighted by Crippen LogP contribution is 1.97. The molecule has 3 heteroatoms. The van der Waals surface area contributed by atoms with Crippen molar-refractivity contribution in [1.82, 2.24) is 5.32 Å². The van der Waals surface area contributed by atoms with E-state index in [-0.39, 0.29) is 11.3 Å². The first-order valence-corrected chi connectivity index (χ1v) is 2.97. The second-order valence-electron chi connectivity index (χ2n) is 1.69. The molecule has 0 saturated heterocycles.